The molecule has 0 saturated carbocycles. The largest absolute Gasteiger partial charge is 0.337 e. The summed E-state index contributed by atoms with van der Waals surface area (Å²) in [5, 5.41) is 14.4. The zero-order valence-electron chi connectivity index (χ0n) is 39.4. The highest BCUT2D eigenvalue weighted by Crippen LogP contribution is 2.35. The molecule has 0 aliphatic heterocycles. The molecule has 0 spiro atoms. The summed E-state index contributed by atoms with van der Waals surface area (Å²) < 4.78 is 142. The summed E-state index contributed by atoms with van der Waals surface area (Å²) in [5.41, 5.74) is -1.05. The van der Waals surface area contributed by atoms with Gasteiger partial charge in [-0.1, -0.05) is 30.3 Å². The predicted octanol–water partition coefficient (Wildman–Crippen LogP) is 4.99. The summed E-state index contributed by atoms with van der Waals surface area (Å²) in [5.74, 6) is -2.78. The molecular weight excluding hydrogens is 1080 g/mol. The summed E-state index contributed by atoms with van der Waals surface area (Å²) in [4.78, 5) is 64.0. The summed E-state index contributed by atoms with van der Waals surface area (Å²) in [6, 6.07) is 15.4. The number of benzene rings is 4. The fraction of sp³-hybridized carbons (Fsp3) is 0.0889. The van der Waals surface area contributed by atoms with E-state index in [1.54, 1.807) is 0 Å². The predicted molar refractivity (Wildman–Crippen MR) is 273 cm³/mol. The lowest BCUT2D eigenvalue weighted by Crippen LogP contribution is -2.22. The maximum Gasteiger partial charge on any atom is 0.325 e. The van der Waals surface area contributed by atoms with Crippen LogP contribution in [0.25, 0.3) is 21.5 Å². The summed E-state index contributed by atoms with van der Waals surface area (Å²) >= 11 is 0. The Morgan fingerprint density at radius 3 is 1.18 bits per heavy atom. The lowest BCUT2D eigenvalue weighted by atomic mass is 10.1. The highest BCUT2D eigenvalue weighted by Gasteiger charge is 2.27. The van der Waals surface area contributed by atoms with Gasteiger partial charge in [0.2, 0.25) is 0 Å². The number of nitrogens with zero attached hydrogens (tertiary/aromatic N) is 4. The molecule has 8 rings (SSSR count). The number of aryl methyl sites for hydroxylation is 4. The molecule has 396 valence electrons. The lowest BCUT2D eigenvalue weighted by molar-refractivity contribution is 0.101. The normalized spacial score (nSPS) is 12.1. The second-order valence-electron chi connectivity index (χ2n) is 16.8. The number of carbonyl (C=O) groups is 5. The second kappa shape index (κ2) is 19.5. The van der Waals surface area contributed by atoms with Gasteiger partial charge in [-0.05, 0) is 60.0 Å². The monoisotopic (exact) mass is 1120 g/mol. The van der Waals surface area contributed by atoms with E-state index in [-0.39, 0.29) is 67.1 Å². The number of carbonyl (C=O) groups excluding carboxylic acids is 5. The van der Waals surface area contributed by atoms with E-state index in [1.807, 2.05) is 0 Å². The van der Waals surface area contributed by atoms with Gasteiger partial charge in [-0.25, -0.2) is 4.79 Å². The molecular formula is C45H40N10O17S4. The number of aromatic nitrogens is 4. The number of amides is 6. The Morgan fingerprint density at radius 2 is 0.763 bits per heavy atom. The van der Waals surface area contributed by atoms with Crippen LogP contribution in [-0.4, -0.2) is 99.8 Å². The zero-order chi connectivity index (χ0) is 55.6. The van der Waals surface area contributed by atoms with Crippen LogP contribution in [0.1, 0.15) is 41.4 Å². The van der Waals surface area contributed by atoms with E-state index in [0.717, 1.165) is 42.5 Å². The van der Waals surface area contributed by atoms with Crippen molar-refractivity contribution in [3.8, 4) is 0 Å². The zero-order valence-corrected chi connectivity index (χ0v) is 42.7. The molecule has 31 heteroatoms. The number of urea groups is 1. The molecule has 76 heavy (non-hydrogen) atoms. The molecule has 0 radical (unpaired) electrons. The molecule has 4 heterocycles. The van der Waals surface area contributed by atoms with Gasteiger partial charge in [0.1, 0.15) is 42.9 Å². The van der Waals surface area contributed by atoms with E-state index in [2.05, 4.69) is 31.9 Å². The molecule has 0 atom stereocenters. The Morgan fingerprint density at radius 1 is 0.382 bits per heavy atom. The third-order valence-corrected chi connectivity index (χ3v) is 15.2. The first-order valence-electron chi connectivity index (χ1n) is 21.4. The number of nitrogens with one attached hydrogen (secondary N) is 6. The molecule has 10 N–H and O–H groups in total. The van der Waals surface area contributed by atoms with E-state index in [0.29, 0.717) is 0 Å². The fourth-order valence-electron chi connectivity index (χ4n) is 8.00. The van der Waals surface area contributed by atoms with Crippen molar-refractivity contribution in [2.75, 3.05) is 31.9 Å². The molecule has 0 unspecified atom stereocenters. The van der Waals surface area contributed by atoms with Crippen LogP contribution in [0.4, 0.5) is 39.4 Å². The highest BCUT2D eigenvalue weighted by atomic mass is 32.2. The average molecular weight is 1120 g/mol. The van der Waals surface area contributed by atoms with E-state index < -0.39 is 101 Å². The Labute approximate surface area is 430 Å². The van der Waals surface area contributed by atoms with Crippen LogP contribution in [0, 0.1) is 0 Å². The van der Waals surface area contributed by atoms with Crippen LogP contribution in [0.2, 0.25) is 0 Å². The van der Waals surface area contributed by atoms with Gasteiger partial charge in [-0.2, -0.15) is 33.7 Å². The molecule has 0 fully saturated rings. The Kier molecular flexibility index (Phi) is 13.8. The van der Waals surface area contributed by atoms with Crippen molar-refractivity contribution in [2.24, 2.45) is 28.2 Å². The third kappa shape index (κ3) is 11.1. The van der Waals surface area contributed by atoms with Gasteiger partial charge in [-0.15, -0.1) is 0 Å². The van der Waals surface area contributed by atoms with E-state index in [4.69, 9.17) is 0 Å². The molecule has 0 saturated heterocycles. The van der Waals surface area contributed by atoms with Crippen molar-refractivity contribution in [2.45, 2.75) is 19.6 Å². The SMILES string of the molecule is Cn1cc(C(=O)Nc2cc(C(=O)Nc3cc4c(S(=O)(=O)O)cccc4cc3S(=O)(=O)O)cn2C)cc1NC(=O)Nc1cc(C(=O)Nc2cc(C(=O)Nc3ccc4c(S(=O)(=O)O)cccc4c3S(=O)(=O)O)cn2C)cn1C. The molecule has 8 aromatic rings. The van der Waals surface area contributed by atoms with E-state index >= 15 is 0 Å². The first kappa shape index (κ1) is 53.6. The molecule has 4 aromatic heterocycles. The van der Waals surface area contributed by atoms with Crippen LogP contribution in [-0.2, 0) is 68.7 Å². The Balaban J connectivity index is 0.899. The van der Waals surface area contributed by atoms with Gasteiger partial charge < -0.3 is 39.5 Å². The van der Waals surface area contributed by atoms with Gasteiger partial charge in [0.05, 0.1) is 33.6 Å². The molecule has 6 amide bonds. The minimum Gasteiger partial charge on any atom is -0.337 e. The molecule has 0 bridgehead atoms. The van der Waals surface area contributed by atoms with Gasteiger partial charge >= 0.3 is 6.03 Å². The van der Waals surface area contributed by atoms with Crippen molar-refractivity contribution >= 4 is 126 Å². The number of hydrogen-bond acceptors (Lipinski definition) is 13. The van der Waals surface area contributed by atoms with Crippen LogP contribution >= 0.6 is 0 Å². The van der Waals surface area contributed by atoms with E-state index in [9.17, 15) is 75.9 Å². The highest BCUT2D eigenvalue weighted by molar-refractivity contribution is 7.87. The molecule has 27 nitrogen and oxygen atoms in total. The molecule has 4 aromatic carbocycles. The average Bonchev–Trinajstić information content (AvgIpc) is 4.09. The van der Waals surface area contributed by atoms with Gasteiger partial charge in [0.15, 0.2) is 0 Å². The summed E-state index contributed by atoms with van der Waals surface area (Å²) in [7, 11) is -13.7. The maximum absolute atomic E-state index is 13.4. The summed E-state index contributed by atoms with van der Waals surface area (Å²) in [6.07, 6.45) is 5.35. The number of rotatable bonds is 14. The smallest absolute Gasteiger partial charge is 0.325 e. The number of hydrogen-bond donors (Lipinski definition) is 10. The minimum absolute atomic E-state index is 0.00552. The Bertz CT molecular complexity index is 4290. The van der Waals surface area contributed by atoms with Crippen LogP contribution in [0.5, 0.6) is 0 Å². The van der Waals surface area contributed by atoms with Crippen molar-refractivity contribution in [3.63, 3.8) is 0 Å². The van der Waals surface area contributed by atoms with Crippen molar-refractivity contribution in [1.82, 2.24) is 18.3 Å². The standard InChI is InChI=1S/C45H40N10O17S4/c1-52-19-24(41(56)46-31-12-11-28-29(40(31)76(70,71)72)8-6-10-33(28)73(61,62)63)14-36(52)48-43(58)26-16-38(54(3)21-26)50-45(60)51-39-17-27(22-55(39)4)44(59)49-37-15-25(20-53(37)2)42(57)47-32-18-30-23(13-35(32)75(67,68)69)7-5-9-34(30)74(64,65)66/h5-22H,1-4H3,(H,46,56)(H,47,57)(H,48,58)(H,49,59)(H2,50,51,60)(H,61,62,63)(H,64,65,66)(H,67,68,69)(H,70,71,72). The van der Waals surface area contributed by atoms with Gasteiger partial charge in [0.25, 0.3) is 64.1 Å². The fourth-order valence-corrected chi connectivity index (χ4v) is 10.9. The number of anilines is 6. The van der Waals surface area contributed by atoms with Crippen molar-refractivity contribution in [1.29, 1.82) is 0 Å². The van der Waals surface area contributed by atoms with Crippen molar-refractivity contribution < 1.29 is 75.9 Å². The number of fused-ring (bicyclic) bond motifs is 2. The lowest BCUT2D eigenvalue weighted by Gasteiger charge is -2.13. The quantitative estimate of drug-likeness (QED) is 0.0641. The topological polar surface area (TPSA) is 395 Å². The van der Waals surface area contributed by atoms with Crippen LogP contribution in [0.15, 0.2) is 129 Å². The second-order valence-corrected chi connectivity index (χ2v) is 22.3. The third-order valence-electron chi connectivity index (χ3n) is 11.5. The van der Waals surface area contributed by atoms with Crippen LogP contribution < -0.4 is 31.9 Å². The molecule has 0 aliphatic rings. The maximum atomic E-state index is 13.4. The Hall–Kier alpha value is -8.69. The summed E-state index contributed by atoms with van der Waals surface area (Å²) in [6.45, 7) is 0. The van der Waals surface area contributed by atoms with Crippen molar-refractivity contribution in [3.05, 3.63) is 132 Å². The first-order chi connectivity index (χ1) is 35.4. The van der Waals surface area contributed by atoms with Gasteiger partial charge in [0, 0.05) is 69.1 Å². The first-order valence-corrected chi connectivity index (χ1v) is 27.1. The minimum atomic E-state index is -5.10. The molecule has 0 aliphatic carbocycles. The van der Waals surface area contributed by atoms with E-state index in [1.165, 1.54) is 114 Å². The van der Waals surface area contributed by atoms with Crippen LogP contribution in [0.3, 0.4) is 0 Å². The van der Waals surface area contributed by atoms with Gasteiger partial charge in [-0.3, -0.25) is 48.0 Å².